The highest BCUT2D eigenvalue weighted by molar-refractivity contribution is 7.92. The molecular formula is C9H10FNO3S. The second-order valence-corrected chi connectivity index (χ2v) is 4.88. The molecule has 0 aromatic heterocycles. The van der Waals surface area contributed by atoms with E-state index >= 15 is 0 Å². The highest BCUT2D eigenvalue weighted by Gasteiger charge is 2.18. The molecule has 1 aromatic rings. The van der Waals surface area contributed by atoms with Gasteiger partial charge in [0.25, 0.3) is 0 Å². The van der Waals surface area contributed by atoms with Gasteiger partial charge in [0, 0.05) is 7.05 Å². The van der Waals surface area contributed by atoms with Gasteiger partial charge in [-0.1, -0.05) is 0 Å². The zero-order valence-electron chi connectivity index (χ0n) is 8.03. The topological polar surface area (TPSA) is 63.2 Å². The standard InChI is InChI=1S/C9H10FNO3S/c1-11-9(12)6-15(13,14)8-4-2-7(10)3-5-8/h2-5H,6H2,1H3,(H,11,12). The molecule has 4 nitrogen and oxygen atoms in total. The maximum atomic E-state index is 12.5. The van der Waals surface area contributed by atoms with Crippen molar-refractivity contribution in [3.05, 3.63) is 30.1 Å². The van der Waals surface area contributed by atoms with Crippen molar-refractivity contribution < 1.29 is 17.6 Å². The van der Waals surface area contributed by atoms with Crippen LogP contribution in [0.2, 0.25) is 0 Å². The number of rotatable bonds is 3. The first kappa shape index (κ1) is 11.6. The molecule has 0 spiro atoms. The van der Waals surface area contributed by atoms with Crippen LogP contribution in [0.3, 0.4) is 0 Å². The van der Waals surface area contributed by atoms with Gasteiger partial charge in [-0.25, -0.2) is 12.8 Å². The minimum Gasteiger partial charge on any atom is -0.358 e. The summed E-state index contributed by atoms with van der Waals surface area (Å²) in [4.78, 5) is 10.8. The quantitative estimate of drug-likeness (QED) is 0.763. The second-order valence-electron chi connectivity index (χ2n) is 2.89. The third kappa shape index (κ3) is 3.02. The Kier molecular flexibility index (Phi) is 3.41. The van der Waals surface area contributed by atoms with Crippen molar-refractivity contribution in [3.8, 4) is 0 Å². The largest absolute Gasteiger partial charge is 0.358 e. The van der Waals surface area contributed by atoms with E-state index in [9.17, 15) is 17.6 Å². The maximum absolute atomic E-state index is 12.5. The van der Waals surface area contributed by atoms with Crippen molar-refractivity contribution in [2.24, 2.45) is 0 Å². The highest BCUT2D eigenvalue weighted by Crippen LogP contribution is 2.11. The van der Waals surface area contributed by atoms with Crippen LogP contribution in [0.4, 0.5) is 4.39 Å². The Balaban J connectivity index is 2.96. The van der Waals surface area contributed by atoms with Crippen molar-refractivity contribution in [2.45, 2.75) is 4.90 Å². The molecule has 0 aliphatic rings. The van der Waals surface area contributed by atoms with Crippen LogP contribution in [0.1, 0.15) is 0 Å². The normalized spacial score (nSPS) is 11.1. The number of amides is 1. The fraction of sp³-hybridized carbons (Fsp3) is 0.222. The fourth-order valence-electron chi connectivity index (χ4n) is 0.970. The molecular weight excluding hydrogens is 221 g/mol. The molecule has 0 heterocycles. The van der Waals surface area contributed by atoms with E-state index in [1.807, 2.05) is 0 Å². The fourth-order valence-corrected chi connectivity index (χ4v) is 2.18. The predicted molar refractivity (Wildman–Crippen MR) is 52.5 cm³/mol. The van der Waals surface area contributed by atoms with E-state index in [2.05, 4.69) is 5.32 Å². The van der Waals surface area contributed by atoms with Crippen molar-refractivity contribution >= 4 is 15.7 Å². The van der Waals surface area contributed by atoms with Crippen molar-refractivity contribution in [1.29, 1.82) is 0 Å². The molecule has 0 bridgehead atoms. The Labute approximate surface area is 87.0 Å². The molecule has 1 rings (SSSR count). The molecule has 0 radical (unpaired) electrons. The number of benzene rings is 1. The third-order valence-corrected chi connectivity index (χ3v) is 3.41. The second kappa shape index (κ2) is 4.39. The summed E-state index contributed by atoms with van der Waals surface area (Å²) in [6, 6.07) is 4.34. The van der Waals surface area contributed by atoms with E-state index < -0.39 is 27.3 Å². The van der Waals surface area contributed by atoms with Crippen LogP contribution >= 0.6 is 0 Å². The molecule has 0 fully saturated rings. The average molecular weight is 231 g/mol. The Hall–Kier alpha value is -1.43. The molecule has 15 heavy (non-hydrogen) atoms. The van der Waals surface area contributed by atoms with E-state index in [1.54, 1.807) is 0 Å². The summed E-state index contributed by atoms with van der Waals surface area (Å²) in [7, 11) is -2.32. The van der Waals surface area contributed by atoms with Crippen LogP contribution in [0.5, 0.6) is 0 Å². The van der Waals surface area contributed by atoms with Gasteiger partial charge in [0.05, 0.1) is 4.90 Å². The zero-order chi connectivity index (χ0) is 11.5. The lowest BCUT2D eigenvalue weighted by Crippen LogP contribution is -2.26. The van der Waals surface area contributed by atoms with Gasteiger partial charge in [-0.3, -0.25) is 4.79 Å². The van der Waals surface area contributed by atoms with E-state index in [1.165, 1.54) is 7.05 Å². The molecule has 82 valence electrons. The molecule has 0 saturated heterocycles. The smallest absolute Gasteiger partial charge is 0.235 e. The summed E-state index contributed by atoms with van der Waals surface area (Å²) in [5.74, 6) is -1.75. The lowest BCUT2D eigenvalue weighted by Gasteiger charge is -2.02. The van der Waals surface area contributed by atoms with E-state index in [0.717, 1.165) is 24.3 Å². The molecule has 0 aliphatic carbocycles. The number of nitrogens with one attached hydrogen (secondary N) is 1. The minimum atomic E-state index is -3.67. The van der Waals surface area contributed by atoms with Crippen LogP contribution in [-0.2, 0) is 14.6 Å². The molecule has 0 aliphatic heterocycles. The number of carbonyl (C=O) groups excluding carboxylic acids is 1. The van der Waals surface area contributed by atoms with Crippen LogP contribution < -0.4 is 5.32 Å². The Morgan fingerprint density at radius 1 is 1.33 bits per heavy atom. The predicted octanol–water partition coefficient (Wildman–Crippen LogP) is 0.345. The maximum Gasteiger partial charge on any atom is 0.235 e. The summed E-state index contributed by atoms with van der Waals surface area (Å²) >= 11 is 0. The van der Waals surface area contributed by atoms with Crippen LogP contribution in [0.25, 0.3) is 0 Å². The molecule has 0 atom stereocenters. The van der Waals surface area contributed by atoms with Crippen molar-refractivity contribution in [2.75, 3.05) is 12.8 Å². The van der Waals surface area contributed by atoms with Crippen molar-refractivity contribution in [3.63, 3.8) is 0 Å². The number of halogens is 1. The first-order valence-corrected chi connectivity index (χ1v) is 5.80. The Morgan fingerprint density at radius 2 is 1.87 bits per heavy atom. The summed E-state index contributed by atoms with van der Waals surface area (Å²) in [6.45, 7) is 0. The van der Waals surface area contributed by atoms with Crippen LogP contribution in [-0.4, -0.2) is 27.1 Å². The van der Waals surface area contributed by atoms with Crippen LogP contribution in [0.15, 0.2) is 29.2 Å². The molecule has 6 heteroatoms. The lowest BCUT2D eigenvalue weighted by atomic mass is 10.4. The lowest BCUT2D eigenvalue weighted by molar-refractivity contribution is -0.118. The number of hydrogen-bond acceptors (Lipinski definition) is 3. The van der Waals surface area contributed by atoms with Gasteiger partial charge in [0.15, 0.2) is 9.84 Å². The summed E-state index contributed by atoms with van der Waals surface area (Å²) in [5, 5.41) is 2.21. The van der Waals surface area contributed by atoms with Gasteiger partial charge >= 0.3 is 0 Å². The highest BCUT2D eigenvalue weighted by atomic mass is 32.2. The number of hydrogen-bond donors (Lipinski definition) is 1. The Morgan fingerprint density at radius 3 is 2.33 bits per heavy atom. The molecule has 1 amide bonds. The third-order valence-electron chi connectivity index (χ3n) is 1.77. The van der Waals surface area contributed by atoms with E-state index in [0.29, 0.717) is 0 Å². The van der Waals surface area contributed by atoms with Gasteiger partial charge in [-0.2, -0.15) is 0 Å². The summed E-state index contributed by atoms with van der Waals surface area (Å²) < 4.78 is 35.6. The molecule has 1 N–H and O–H groups in total. The van der Waals surface area contributed by atoms with E-state index in [-0.39, 0.29) is 4.90 Å². The number of carbonyl (C=O) groups is 1. The first-order valence-electron chi connectivity index (χ1n) is 4.14. The average Bonchev–Trinajstić information content (AvgIpc) is 2.17. The van der Waals surface area contributed by atoms with Gasteiger partial charge in [-0.05, 0) is 24.3 Å². The van der Waals surface area contributed by atoms with E-state index in [4.69, 9.17) is 0 Å². The monoisotopic (exact) mass is 231 g/mol. The van der Waals surface area contributed by atoms with Gasteiger partial charge < -0.3 is 5.32 Å². The SMILES string of the molecule is CNC(=O)CS(=O)(=O)c1ccc(F)cc1. The van der Waals surface area contributed by atoms with Gasteiger partial charge in [0.1, 0.15) is 11.6 Å². The van der Waals surface area contributed by atoms with Gasteiger partial charge in [-0.15, -0.1) is 0 Å². The Bertz CT molecular complexity index is 453. The van der Waals surface area contributed by atoms with Crippen LogP contribution in [0, 0.1) is 5.82 Å². The number of sulfone groups is 1. The minimum absolute atomic E-state index is 0.0625. The van der Waals surface area contributed by atoms with Gasteiger partial charge in [0.2, 0.25) is 5.91 Å². The zero-order valence-corrected chi connectivity index (χ0v) is 8.84. The molecule has 0 unspecified atom stereocenters. The molecule has 0 saturated carbocycles. The first-order chi connectivity index (χ1) is 6.95. The summed E-state index contributed by atoms with van der Waals surface area (Å²) in [6.07, 6.45) is 0. The van der Waals surface area contributed by atoms with Crippen molar-refractivity contribution in [1.82, 2.24) is 5.32 Å². The molecule has 1 aromatic carbocycles. The summed E-state index contributed by atoms with van der Waals surface area (Å²) in [5.41, 5.74) is 0.